The summed E-state index contributed by atoms with van der Waals surface area (Å²) in [7, 11) is 0. The molecule has 1 N–H and O–H groups in total. The van der Waals surface area contributed by atoms with Crippen LogP contribution in [-0.2, 0) is 0 Å². The molecule has 1 aliphatic heterocycles. The number of imidazole rings is 1. The Morgan fingerprint density at radius 2 is 2.33 bits per heavy atom. The van der Waals surface area contributed by atoms with Crippen LogP contribution < -0.4 is 5.32 Å². The zero-order valence-corrected chi connectivity index (χ0v) is 10.4. The molecule has 3 nitrogen and oxygen atoms in total. The van der Waals surface area contributed by atoms with Crippen molar-refractivity contribution in [2.24, 2.45) is 0 Å². The lowest BCUT2D eigenvalue weighted by atomic mass is 10.1. The summed E-state index contributed by atoms with van der Waals surface area (Å²) in [6.45, 7) is 2.83. The maximum atomic E-state index is 13.3. The third-order valence-electron chi connectivity index (χ3n) is 3.50. The zero-order valence-electron chi connectivity index (χ0n) is 10.4. The van der Waals surface area contributed by atoms with E-state index in [0.717, 1.165) is 24.3 Å². The second kappa shape index (κ2) is 4.53. The molecule has 2 aromatic rings. The van der Waals surface area contributed by atoms with Crippen LogP contribution >= 0.6 is 0 Å². The van der Waals surface area contributed by atoms with E-state index in [2.05, 4.69) is 10.3 Å². The highest BCUT2D eigenvalue weighted by atomic mass is 19.1. The average molecular weight is 245 g/mol. The molecule has 1 aliphatic rings. The van der Waals surface area contributed by atoms with Crippen molar-refractivity contribution in [3.8, 4) is 5.69 Å². The van der Waals surface area contributed by atoms with Gasteiger partial charge in [0.05, 0.1) is 18.2 Å². The zero-order chi connectivity index (χ0) is 12.5. The van der Waals surface area contributed by atoms with E-state index in [9.17, 15) is 4.39 Å². The van der Waals surface area contributed by atoms with E-state index in [4.69, 9.17) is 0 Å². The number of benzene rings is 1. The molecule has 0 bridgehead atoms. The molecule has 1 fully saturated rings. The molecular formula is C14H16FN3. The third kappa shape index (κ3) is 1.93. The number of aromatic nitrogens is 2. The van der Waals surface area contributed by atoms with Crippen LogP contribution in [0.2, 0.25) is 0 Å². The summed E-state index contributed by atoms with van der Waals surface area (Å²) in [5, 5.41) is 3.46. The van der Waals surface area contributed by atoms with Gasteiger partial charge in [-0.2, -0.15) is 0 Å². The van der Waals surface area contributed by atoms with Gasteiger partial charge < -0.3 is 9.88 Å². The fourth-order valence-electron chi connectivity index (χ4n) is 2.49. The number of nitrogens with one attached hydrogen (secondary N) is 1. The van der Waals surface area contributed by atoms with Crippen LogP contribution in [-0.4, -0.2) is 16.1 Å². The van der Waals surface area contributed by atoms with E-state index in [1.807, 2.05) is 16.8 Å². The number of aryl methyl sites for hydroxylation is 1. The molecule has 18 heavy (non-hydrogen) atoms. The second-order valence-electron chi connectivity index (χ2n) is 4.77. The first-order valence-electron chi connectivity index (χ1n) is 6.28. The van der Waals surface area contributed by atoms with E-state index >= 15 is 0 Å². The third-order valence-corrected chi connectivity index (χ3v) is 3.50. The molecule has 3 rings (SSSR count). The Balaban J connectivity index is 2.00. The maximum absolute atomic E-state index is 13.3. The Morgan fingerprint density at radius 3 is 3.06 bits per heavy atom. The molecule has 0 aliphatic carbocycles. The topological polar surface area (TPSA) is 29.9 Å². The molecule has 4 heteroatoms. The minimum atomic E-state index is -0.167. The van der Waals surface area contributed by atoms with Gasteiger partial charge in [0.2, 0.25) is 0 Å². The molecule has 1 saturated heterocycles. The molecule has 1 aromatic heterocycles. The van der Waals surface area contributed by atoms with E-state index in [-0.39, 0.29) is 5.82 Å². The molecule has 0 unspecified atom stereocenters. The lowest BCUT2D eigenvalue weighted by Crippen LogP contribution is -2.16. The van der Waals surface area contributed by atoms with Gasteiger partial charge in [-0.3, -0.25) is 0 Å². The molecule has 0 saturated carbocycles. The van der Waals surface area contributed by atoms with Gasteiger partial charge in [0, 0.05) is 11.7 Å². The molecular weight excluding hydrogens is 229 g/mol. The standard InChI is InChI=1S/C14H16FN3/c1-10-7-11(4-5-12(10)15)18-9-16-8-14(18)13-3-2-6-17-13/h4-5,7-9,13,17H,2-3,6H2,1H3/t13-/m0/s1. The lowest BCUT2D eigenvalue weighted by molar-refractivity contribution is 0.610. The van der Waals surface area contributed by atoms with Crippen molar-refractivity contribution in [2.75, 3.05) is 6.54 Å². The molecule has 0 spiro atoms. The smallest absolute Gasteiger partial charge is 0.126 e. The number of nitrogens with zero attached hydrogens (tertiary/aromatic N) is 2. The number of hydrogen-bond acceptors (Lipinski definition) is 2. The predicted molar refractivity (Wildman–Crippen MR) is 68.2 cm³/mol. The monoisotopic (exact) mass is 245 g/mol. The molecule has 0 radical (unpaired) electrons. The van der Waals surface area contributed by atoms with Gasteiger partial charge in [0.25, 0.3) is 0 Å². The van der Waals surface area contributed by atoms with Crippen LogP contribution in [0, 0.1) is 12.7 Å². The lowest BCUT2D eigenvalue weighted by Gasteiger charge is -2.14. The van der Waals surface area contributed by atoms with Crippen molar-refractivity contribution in [1.29, 1.82) is 0 Å². The molecule has 1 atom stereocenters. The Hall–Kier alpha value is -1.68. The molecule has 94 valence electrons. The Labute approximate surface area is 106 Å². The van der Waals surface area contributed by atoms with E-state index in [1.54, 1.807) is 19.3 Å². The van der Waals surface area contributed by atoms with E-state index < -0.39 is 0 Å². The van der Waals surface area contributed by atoms with Gasteiger partial charge in [-0.15, -0.1) is 0 Å². The molecule has 0 amide bonds. The van der Waals surface area contributed by atoms with E-state index in [0.29, 0.717) is 11.6 Å². The van der Waals surface area contributed by atoms with Crippen molar-refractivity contribution >= 4 is 0 Å². The van der Waals surface area contributed by atoms with Crippen molar-refractivity contribution < 1.29 is 4.39 Å². The summed E-state index contributed by atoms with van der Waals surface area (Å²) in [6.07, 6.45) is 6.01. The van der Waals surface area contributed by atoms with Gasteiger partial charge >= 0.3 is 0 Å². The fourth-order valence-corrected chi connectivity index (χ4v) is 2.49. The first-order chi connectivity index (χ1) is 8.75. The number of rotatable bonds is 2. The second-order valence-corrected chi connectivity index (χ2v) is 4.77. The van der Waals surface area contributed by atoms with Gasteiger partial charge in [-0.05, 0) is 50.1 Å². The number of halogens is 1. The van der Waals surface area contributed by atoms with Gasteiger partial charge in [0.15, 0.2) is 0 Å². The number of hydrogen-bond donors (Lipinski definition) is 1. The maximum Gasteiger partial charge on any atom is 0.126 e. The van der Waals surface area contributed by atoms with E-state index in [1.165, 1.54) is 12.5 Å². The summed E-state index contributed by atoms with van der Waals surface area (Å²) in [6, 6.07) is 5.52. The summed E-state index contributed by atoms with van der Waals surface area (Å²) in [4.78, 5) is 4.22. The first-order valence-corrected chi connectivity index (χ1v) is 6.28. The van der Waals surface area contributed by atoms with Gasteiger partial charge in [-0.1, -0.05) is 0 Å². The summed E-state index contributed by atoms with van der Waals surface area (Å²) in [5.41, 5.74) is 2.78. The van der Waals surface area contributed by atoms with Gasteiger partial charge in [-0.25, -0.2) is 9.37 Å². The van der Waals surface area contributed by atoms with Crippen molar-refractivity contribution in [1.82, 2.24) is 14.9 Å². The minimum Gasteiger partial charge on any atom is -0.309 e. The van der Waals surface area contributed by atoms with Crippen LogP contribution in [0.3, 0.4) is 0 Å². The highest BCUT2D eigenvalue weighted by Crippen LogP contribution is 2.25. The van der Waals surface area contributed by atoms with Crippen LogP contribution in [0.25, 0.3) is 5.69 Å². The average Bonchev–Trinajstić information content (AvgIpc) is 3.00. The van der Waals surface area contributed by atoms with Crippen LogP contribution in [0.1, 0.15) is 30.1 Å². The minimum absolute atomic E-state index is 0.167. The summed E-state index contributed by atoms with van der Waals surface area (Å²) in [5.74, 6) is -0.167. The fraction of sp³-hybridized carbons (Fsp3) is 0.357. The van der Waals surface area contributed by atoms with Crippen molar-refractivity contribution in [3.05, 3.63) is 47.8 Å². The van der Waals surface area contributed by atoms with Crippen LogP contribution in [0.5, 0.6) is 0 Å². The van der Waals surface area contributed by atoms with Gasteiger partial charge in [0.1, 0.15) is 5.82 Å². The summed E-state index contributed by atoms with van der Waals surface area (Å²) < 4.78 is 15.3. The Kier molecular flexibility index (Phi) is 2.88. The molecule has 2 heterocycles. The quantitative estimate of drug-likeness (QED) is 0.881. The highest BCUT2D eigenvalue weighted by Gasteiger charge is 2.20. The first kappa shape index (κ1) is 11.4. The van der Waals surface area contributed by atoms with Crippen molar-refractivity contribution in [3.63, 3.8) is 0 Å². The Morgan fingerprint density at radius 1 is 1.44 bits per heavy atom. The highest BCUT2D eigenvalue weighted by molar-refractivity contribution is 5.38. The predicted octanol–water partition coefficient (Wildman–Crippen LogP) is 2.74. The van der Waals surface area contributed by atoms with Crippen LogP contribution in [0.4, 0.5) is 4.39 Å². The van der Waals surface area contributed by atoms with Crippen LogP contribution in [0.15, 0.2) is 30.7 Å². The largest absolute Gasteiger partial charge is 0.309 e. The summed E-state index contributed by atoms with van der Waals surface area (Å²) >= 11 is 0. The SMILES string of the molecule is Cc1cc(-n2cncc2[C@@H]2CCCN2)ccc1F. The van der Waals surface area contributed by atoms with Crippen molar-refractivity contribution in [2.45, 2.75) is 25.8 Å². The normalized spacial score (nSPS) is 19.3. The molecule has 1 aromatic carbocycles. The Bertz CT molecular complexity index is 556.